The Morgan fingerprint density at radius 1 is 1.24 bits per heavy atom. The van der Waals surface area contributed by atoms with Crippen molar-refractivity contribution in [3.8, 4) is 10.8 Å². The van der Waals surface area contributed by atoms with E-state index in [9.17, 15) is 9.59 Å². The number of esters is 1. The van der Waals surface area contributed by atoms with Gasteiger partial charge in [-0.05, 0) is 23.1 Å². The molecule has 1 aromatic carbocycles. The van der Waals surface area contributed by atoms with Gasteiger partial charge in [-0.2, -0.15) is 4.68 Å². The van der Waals surface area contributed by atoms with Gasteiger partial charge in [0.2, 0.25) is 0 Å². The first-order valence-electron chi connectivity index (χ1n) is 7.71. The lowest BCUT2D eigenvalue weighted by atomic mass is 10.2. The number of benzene rings is 1. The minimum absolute atomic E-state index is 0.0511. The maximum Gasteiger partial charge on any atom is 0.437 e. The highest BCUT2D eigenvalue weighted by Crippen LogP contribution is 2.21. The molecular weight excluding hydrogens is 340 g/mol. The van der Waals surface area contributed by atoms with Gasteiger partial charge in [0.25, 0.3) is 5.89 Å². The number of carbonyl (C=O) groups is 1. The molecule has 25 heavy (non-hydrogen) atoms. The third-order valence-corrected chi connectivity index (χ3v) is 4.17. The molecule has 0 N–H and O–H groups in total. The van der Waals surface area contributed by atoms with E-state index in [1.165, 1.54) is 11.3 Å². The van der Waals surface area contributed by atoms with Gasteiger partial charge in [-0.1, -0.05) is 42.5 Å². The second-order valence-corrected chi connectivity index (χ2v) is 6.07. The minimum Gasteiger partial charge on any atom is -0.461 e. The Kier molecular flexibility index (Phi) is 5.58. The molecule has 0 saturated carbocycles. The Hall–Kier alpha value is -2.93. The van der Waals surface area contributed by atoms with Crippen molar-refractivity contribution < 1.29 is 13.9 Å². The second kappa shape index (κ2) is 8.25. The van der Waals surface area contributed by atoms with Gasteiger partial charge in [0.05, 0.1) is 17.8 Å². The van der Waals surface area contributed by atoms with Crippen molar-refractivity contribution in [1.82, 2.24) is 9.78 Å². The molecule has 0 bridgehead atoms. The van der Waals surface area contributed by atoms with Gasteiger partial charge in [0, 0.05) is 0 Å². The summed E-state index contributed by atoms with van der Waals surface area (Å²) >= 11 is 1.43. The van der Waals surface area contributed by atoms with E-state index in [0.717, 1.165) is 15.1 Å². The quantitative estimate of drug-likeness (QED) is 0.608. The summed E-state index contributed by atoms with van der Waals surface area (Å²) in [5.74, 6) is -0.718. The highest BCUT2D eigenvalue weighted by Gasteiger charge is 2.12. The molecule has 0 spiro atoms. The first-order chi connectivity index (χ1) is 12.2. The van der Waals surface area contributed by atoms with Gasteiger partial charge in [0.15, 0.2) is 0 Å². The molecular formula is C18H16N2O4S. The summed E-state index contributed by atoms with van der Waals surface area (Å²) in [6.45, 7) is 0.302. The van der Waals surface area contributed by atoms with E-state index >= 15 is 0 Å². The van der Waals surface area contributed by atoms with E-state index in [1.807, 2.05) is 53.9 Å². The summed E-state index contributed by atoms with van der Waals surface area (Å²) in [7, 11) is 0. The zero-order valence-electron chi connectivity index (χ0n) is 13.3. The number of carbonyl (C=O) groups excluding carboxylic acids is 1. The molecule has 2 heterocycles. The van der Waals surface area contributed by atoms with E-state index in [2.05, 4.69) is 5.10 Å². The Morgan fingerprint density at radius 3 is 2.84 bits per heavy atom. The number of hydrogen-bond donors (Lipinski definition) is 0. The Bertz CT molecular complexity index is 895. The summed E-state index contributed by atoms with van der Waals surface area (Å²) in [4.78, 5) is 24.3. The van der Waals surface area contributed by atoms with Crippen LogP contribution in [0.5, 0.6) is 0 Å². The fourth-order valence-corrected chi connectivity index (χ4v) is 2.75. The van der Waals surface area contributed by atoms with Crippen molar-refractivity contribution in [3.63, 3.8) is 0 Å². The number of aryl methyl sites for hydroxylation is 1. The molecule has 0 amide bonds. The lowest BCUT2D eigenvalue weighted by Crippen LogP contribution is -2.18. The van der Waals surface area contributed by atoms with Crippen LogP contribution in [0.15, 0.2) is 63.1 Å². The zero-order valence-corrected chi connectivity index (χ0v) is 14.1. The molecule has 0 atom stereocenters. The predicted octanol–water partition coefficient (Wildman–Crippen LogP) is 3.21. The number of thiophene rings is 1. The SMILES string of the molecule is O=C(CCn1nc(-c2cccs2)oc1=O)OC/C=C/c1ccccc1. The summed E-state index contributed by atoms with van der Waals surface area (Å²) in [5.41, 5.74) is 1.04. The summed E-state index contributed by atoms with van der Waals surface area (Å²) < 4.78 is 11.3. The molecule has 128 valence electrons. The third kappa shape index (κ3) is 4.77. The standard InChI is InChI=1S/C18H16N2O4S/c21-16(23-12-4-8-14-6-2-1-3-7-14)10-11-20-18(22)24-17(19-20)15-9-5-13-25-15/h1-9,13H,10-12H2/b8-4+. The van der Waals surface area contributed by atoms with E-state index < -0.39 is 11.7 Å². The topological polar surface area (TPSA) is 74.3 Å². The van der Waals surface area contributed by atoms with E-state index in [-0.39, 0.29) is 25.5 Å². The van der Waals surface area contributed by atoms with Crippen LogP contribution in [-0.4, -0.2) is 22.4 Å². The maximum atomic E-state index is 11.7. The maximum absolute atomic E-state index is 11.7. The molecule has 0 aliphatic rings. The lowest BCUT2D eigenvalue weighted by molar-refractivity contribution is -0.142. The number of rotatable bonds is 7. The van der Waals surface area contributed by atoms with Crippen LogP contribution in [0.4, 0.5) is 0 Å². The summed E-state index contributed by atoms with van der Waals surface area (Å²) in [5, 5.41) is 5.96. The molecule has 0 fully saturated rings. The molecule has 2 aromatic heterocycles. The van der Waals surface area contributed by atoms with Crippen LogP contribution in [0.2, 0.25) is 0 Å². The van der Waals surface area contributed by atoms with Crippen LogP contribution < -0.4 is 5.76 Å². The van der Waals surface area contributed by atoms with Crippen LogP contribution in [0.25, 0.3) is 16.8 Å². The van der Waals surface area contributed by atoms with Gasteiger partial charge in [0.1, 0.15) is 6.61 Å². The average Bonchev–Trinajstić information content (AvgIpc) is 3.27. The Balaban J connectivity index is 1.46. The van der Waals surface area contributed by atoms with Crippen molar-refractivity contribution in [2.24, 2.45) is 0 Å². The Morgan fingerprint density at radius 2 is 2.08 bits per heavy atom. The summed E-state index contributed by atoms with van der Waals surface area (Å²) in [6.07, 6.45) is 3.70. The van der Waals surface area contributed by atoms with Crippen LogP contribution in [-0.2, 0) is 16.1 Å². The normalized spacial score (nSPS) is 11.0. The van der Waals surface area contributed by atoms with E-state index in [1.54, 1.807) is 6.08 Å². The van der Waals surface area contributed by atoms with Crippen molar-refractivity contribution in [3.05, 3.63) is 70.0 Å². The molecule has 3 aromatic rings. The first kappa shape index (κ1) is 16.9. The largest absolute Gasteiger partial charge is 0.461 e. The lowest BCUT2D eigenvalue weighted by Gasteiger charge is -2.01. The molecule has 0 unspecified atom stereocenters. The molecule has 0 saturated heterocycles. The molecule has 0 aliphatic heterocycles. The number of aromatic nitrogens is 2. The highest BCUT2D eigenvalue weighted by atomic mass is 32.1. The van der Waals surface area contributed by atoms with Gasteiger partial charge in [-0.3, -0.25) is 4.79 Å². The molecule has 0 aliphatic carbocycles. The monoisotopic (exact) mass is 356 g/mol. The molecule has 3 rings (SSSR count). The minimum atomic E-state index is -0.583. The third-order valence-electron chi connectivity index (χ3n) is 3.32. The van der Waals surface area contributed by atoms with Gasteiger partial charge in [-0.15, -0.1) is 16.4 Å². The highest BCUT2D eigenvalue weighted by molar-refractivity contribution is 7.13. The van der Waals surface area contributed by atoms with Crippen molar-refractivity contribution in [2.75, 3.05) is 6.61 Å². The molecule has 0 radical (unpaired) electrons. The average molecular weight is 356 g/mol. The number of nitrogens with zero attached hydrogens (tertiary/aromatic N) is 2. The fourth-order valence-electron chi connectivity index (χ4n) is 2.11. The van der Waals surface area contributed by atoms with Crippen LogP contribution in [0.1, 0.15) is 12.0 Å². The predicted molar refractivity (Wildman–Crippen MR) is 95.1 cm³/mol. The molecule has 6 nitrogen and oxygen atoms in total. The summed E-state index contributed by atoms with van der Waals surface area (Å²) in [6, 6.07) is 13.4. The first-order valence-corrected chi connectivity index (χ1v) is 8.59. The molecule has 7 heteroatoms. The van der Waals surface area contributed by atoms with Crippen LogP contribution in [0.3, 0.4) is 0 Å². The van der Waals surface area contributed by atoms with Crippen molar-refractivity contribution in [2.45, 2.75) is 13.0 Å². The van der Waals surface area contributed by atoms with Crippen LogP contribution in [0, 0.1) is 0 Å². The van der Waals surface area contributed by atoms with E-state index in [4.69, 9.17) is 9.15 Å². The number of hydrogen-bond acceptors (Lipinski definition) is 6. The smallest absolute Gasteiger partial charge is 0.437 e. The number of ether oxygens (including phenoxy) is 1. The zero-order chi connectivity index (χ0) is 17.5. The fraction of sp³-hybridized carbons (Fsp3) is 0.167. The van der Waals surface area contributed by atoms with Crippen molar-refractivity contribution >= 4 is 23.4 Å². The van der Waals surface area contributed by atoms with Gasteiger partial charge in [-0.25, -0.2) is 4.79 Å². The Labute approximate surface area is 148 Å². The van der Waals surface area contributed by atoms with Gasteiger partial charge < -0.3 is 9.15 Å². The van der Waals surface area contributed by atoms with Gasteiger partial charge >= 0.3 is 11.7 Å². The van der Waals surface area contributed by atoms with Crippen molar-refractivity contribution in [1.29, 1.82) is 0 Å². The second-order valence-electron chi connectivity index (χ2n) is 5.12. The van der Waals surface area contributed by atoms with E-state index in [0.29, 0.717) is 0 Å². The van der Waals surface area contributed by atoms with Crippen LogP contribution >= 0.6 is 11.3 Å².